The minimum Gasteiger partial charge on any atom is -0.376 e. The fourth-order valence-electron chi connectivity index (χ4n) is 5.26. The van der Waals surface area contributed by atoms with Crippen molar-refractivity contribution < 1.29 is 13.9 Å². The zero-order chi connectivity index (χ0) is 28.7. The summed E-state index contributed by atoms with van der Waals surface area (Å²) in [7, 11) is 0. The molecule has 1 saturated heterocycles. The van der Waals surface area contributed by atoms with Crippen molar-refractivity contribution >= 4 is 17.4 Å². The lowest BCUT2D eigenvalue weighted by Gasteiger charge is -2.27. The van der Waals surface area contributed by atoms with Gasteiger partial charge < -0.3 is 19.9 Å². The lowest BCUT2D eigenvalue weighted by Crippen LogP contribution is -2.32. The smallest absolute Gasteiger partial charge is 0.253 e. The molecule has 3 atom stereocenters. The maximum Gasteiger partial charge on any atom is 0.253 e. The standard InChI is InChI=1S/C32H42FN5O2/c1-6-26(19-34-31(39)25-15-16-38(20-25)32(4,5)21-33)36-30-14-13-29(37-30)28-12-8-11-27(35-28)18-24-10-7-9-22(2)40-23(3)17-24/h8,11-13,15-16,20,22-24H,1,7,9-10,14,17-19,21H2,2-5H3,(H,34,39)(H,36,37)/t22-,23+,24?/m1/s1. The molecule has 2 aliphatic rings. The van der Waals surface area contributed by atoms with E-state index in [4.69, 9.17) is 14.7 Å². The molecule has 4 heterocycles. The van der Waals surface area contributed by atoms with Crippen molar-refractivity contribution in [3.05, 3.63) is 77.7 Å². The van der Waals surface area contributed by atoms with E-state index in [1.165, 1.54) is 12.8 Å². The van der Waals surface area contributed by atoms with E-state index in [-0.39, 0.29) is 18.6 Å². The van der Waals surface area contributed by atoms with Crippen LogP contribution in [-0.2, 0) is 16.7 Å². The van der Waals surface area contributed by atoms with Gasteiger partial charge in [0.05, 0.1) is 46.9 Å². The number of halogens is 1. The Balaban J connectivity index is 1.32. The van der Waals surface area contributed by atoms with Crippen molar-refractivity contribution in [2.24, 2.45) is 10.9 Å². The van der Waals surface area contributed by atoms with E-state index in [1.54, 1.807) is 36.9 Å². The van der Waals surface area contributed by atoms with Crippen LogP contribution in [0.25, 0.3) is 5.70 Å². The van der Waals surface area contributed by atoms with E-state index in [9.17, 15) is 9.18 Å². The Hall–Kier alpha value is -3.48. The van der Waals surface area contributed by atoms with Crippen molar-refractivity contribution in [3.8, 4) is 0 Å². The zero-order valence-electron chi connectivity index (χ0n) is 24.2. The minimum atomic E-state index is -0.701. The highest BCUT2D eigenvalue weighted by molar-refractivity contribution is 5.96. The second kappa shape index (κ2) is 13.2. The first kappa shape index (κ1) is 29.5. The van der Waals surface area contributed by atoms with Gasteiger partial charge in [0.1, 0.15) is 12.5 Å². The van der Waals surface area contributed by atoms with Crippen molar-refractivity contribution in [2.75, 3.05) is 13.2 Å². The third-order valence-electron chi connectivity index (χ3n) is 7.58. The third-order valence-corrected chi connectivity index (χ3v) is 7.58. The van der Waals surface area contributed by atoms with Crippen LogP contribution in [-0.4, -0.2) is 46.7 Å². The second-order valence-corrected chi connectivity index (χ2v) is 11.6. The average molecular weight is 548 g/mol. The highest BCUT2D eigenvalue weighted by Crippen LogP contribution is 2.27. The quantitative estimate of drug-likeness (QED) is 0.381. The van der Waals surface area contributed by atoms with Gasteiger partial charge in [-0.05, 0) is 83.6 Å². The number of aliphatic imine (C=N–C) groups is 1. The number of amidine groups is 1. The molecule has 0 aromatic carbocycles. The van der Waals surface area contributed by atoms with Gasteiger partial charge in [0, 0.05) is 24.5 Å². The summed E-state index contributed by atoms with van der Waals surface area (Å²) in [5, 5.41) is 6.11. The van der Waals surface area contributed by atoms with Crippen LogP contribution < -0.4 is 10.6 Å². The third kappa shape index (κ3) is 7.80. The van der Waals surface area contributed by atoms with Crippen LogP contribution in [0.3, 0.4) is 0 Å². The van der Waals surface area contributed by atoms with Crippen LogP contribution in [0.4, 0.5) is 4.39 Å². The molecule has 40 heavy (non-hydrogen) atoms. The van der Waals surface area contributed by atoms with E-state index < -0.39 is 12.2 Å². The molecule has 0 radical (unpaired) electrons. The number of rotatable bonds is 9. The van der Waals surface area contributed by atoms with Gasteiger partial charge >= 0.3 is 0 Å². The topological polar surface area (TPSA) is 80.5 Å². The van der Waals surface area contributed by atoms with Crippen molar-refractivity contribution in [2.45, 2.75) is 84.0 Å². The minimum absolute atomic E-state index is 0.213. The number of nitrogens with one attached hydrogen (secondary N) is 2. The first-order valence-electron chi connectivity index (χ1n) is 14.2. The molecule has 7 nitrogen and oxygen atoms in total. The summed E-state index contributed by atoms with van der Waals surface area (Å²) in [5.41, 5.74) is 6.00. The Morgan fingerprint density at radius 2 is 2.08 bits per heavy atom. The van der Waals surface area contributed by atoms with Gasteiger partial charge in [0.2, 0.25) is 0 Å². The number of pyridine rings is 1. The van der Waals surface area contributed by atoms with E-state index in [0.717, 1.165) is 42.2 Å². The average Bonchev–Trinajstić information content (AvgIpc) is 3.61. The molecule has 8 heteroatoms. The molecule has 214 valence electrons. The number of amides is 1. The van der Waals surface area contributed by atoms with Gasteiger partial charge in [-0.1, -0.05) is 19.1 Å². The zero-order valence-corrected chi connectivity index (χ0v) is 24.2. The van der Waals surface area contributed by atoms with E-state index in [2.05, 4.69) is 55.0 Å². The highest BCUT2D eigenvalue weighted by atomic mass is 19.1. The number of carbonyl (C=O) groups is 1. The molecule has 0 spiro atoms. The van der Waals surface area contributed by atoms with Gasteiger partial charge in [0.15, 0.2) is 0 Å². The summed E-state index contributed by atoms with van der Waals surface area (Å²) in [4.78, 5) is 22.3. The number of alkyl halides is 1. The predicted molar refractivity (Wildman–Crippen MR) is 158 cm³/mol. The SMILES string of the molecule is C=C=C(CNC(=O)c1ccn(C(C)(C)CF)c1)NC1=NC(c2cccc(CC3CCC[C@@H](C)O[C@@H](C)C3)n2)=CC1. The van der Waals surface area contributed by atoms with E-state index in [1.807, 2.05) is 6.07 Å². The number of ether oxygens (including phenoxy) is 1. The monoisotopic (exact) mass is 547 g/mol. The lowest BCUT2D eigenvalue weighted by atomic mass is 9.89. The molecule has 1 fully saturated rings. The summed E-state index contributed by atoms with van der Waals surface area (Å²) in [5.74, 6) is 1.06. The molecule has 1 unspecified atom stereocenters. The summed E-state index contributed by atoms with van der Waals surface area (Å²) >= 11 is 0. The fourth-order valence-corrected chi connectivity index (χ4v) is 5.26. The fraction of sp³-hybridized carbons (Fsp3) is 0.500. The molecular weight excluding hydrogens is 505 g/mol. The van der Waals surface area contributed by atoms with Gasteiger partial charge in [0.25, 0.3) is 5.91 Å². The lowest BCUT2D eigenvalue weighted by molar-refractivity contribution is -0.0201. The molecule has 1 amide bonds. The summed E-state index contributed by atoms with van der Waals surface area (Å²) in [6, 6.07) is 7.83. The maximum absolute atomic E-state index is 13.3. The molecule has 2 aromatic rings. The van der Waals surface area contributed by atoms with Crippen LogP contribution in [0.2, 0.25) is 0 Å². The van der Waals surface area contributed by atoms with Crippen molar-refractivity contribution in [1.29, 1.82) is 0 Å². The van der Waals surface area contributed by atoms with Crippen LogP contribution in [0.15, 0.2) is 65.7 Å². The predicted octanol–water partition coefficient (Wildman–Crippen LogP) is 5.95. The summed E-state index contributed by atoms with van der Waals surface area (Å²) in [6.07, 6.45) is 12.2. The first-order chi connectivity index (χ1) is 19.2. The molecule has 0 bridgehead atoms. The summed E-state index contributed by atoms with van der Waals surface area (Å²) in [6.45, 7) is 11.3. The largest absolute Gasteiger partial charge is 0.376 e. The van der Waals surface area contributed by atoms with Crippen LogP contribution in [0.5, 0.6) is 0 Å². The first-order valence-corrected chi connectivity index (χ1v) is 14.2. The van der Waals surface area contributed by atoms with E-state index >= 15 is 0 Å². The Labute approximate surface area is 237 Å². The van der Waals surface area contributed by atoms with Crippen molar-refractivity contribution in [3.63, 3.8) is 0 Å². The Kier molecular flexibility index (Phi) is 9.77. The maximum atomic E-state index is 13.3. The molecule has 2 N–H and O–H groups in total. The highest BCUT2D eigenvalue weighted by Gasteiger charge is 2.22. The van der Waals surface area contributed by atoms with E-state index in [0.29, 0.717) is 29.7 Å². The van der Waals surface area contributed by atoms with Crippen LogP contribution in [0, 0.1) is 5.92 Å². The molecular formula is C32H42FN5O2. The number of hydrogen-bond acceptors (Lipinski definition) is 5. The van der Waals surface area contributed by atoms with Gasteiger partial charge in [-0.2, -0.15) is 0 Å². The molecule has 0 aliphatic carbocycles. The second-order valence-electron chi connectivity index (χ2n) is 11.6. The molecule has 4 rings (SSSR count). The number of aromatic nitrogens is 2. The van der Waals surface area contributed by atoms with Crippen LogP contribution >= 0.6 is 0 Å². The number of nitrogens with zero attached hydrogens (tertiary/aromatic N) is 3. The summed E-state index contributed by atoms with van der Waals surface area (Å²) < 4.78 is 21.1. The normalized spacial score (nSPS) is 21.5. The number of carbonyl (C=O) groups excluding carboxylic acids is 1. The molecule has 0 saturated carbocycles. The Morgan fingerprint density at radius 1 is 1.25 bits per heavy atom. The van der Waals surface area contributed by atoms with Gasteiger partial charge in [-0.3, -0.25) is 9.78 Å². The molecule has 2 aromatic heterocycles. The van der Waals surface area contributed by atoms with Gasteiger partial charge in [-0.15, -0.1) is 5.73 Å². The van der Waals surface area contributed by atoms with Crippen LogP contribution in [0.1, 0.15) is 81.5 Å². The number of hydrogen-bond donors (Lipinski definition) is 2. The Morgan fingerprint density at radius 3 is 2.85 bits per heavy atom. The molecule has 2 aliphatic heterocycles. The van der Waals surface area contributed by atoms with Gasteiger partial charge in [-0.25, -0.2) is 9.38 Å². The Bertz CT molecular complexity index is 1300. The van der Waals surface area contributed by atoms with Crippen molar-refractivity contribution in [1.82, 2.24) is 20.2 Å².